The number of benzene rings is 2. The lowest BCUT2D eigenvalue weighted by atomic mass is 10.0. The average Bonchev–Trinajstić information content (AvgIpc) is 2.81. The van der Waals surface area contributed by atoms with Gasteiger partial charge in [0, 0.05) is 37.6 Å². The number of rotatable bonds is 7. The summed E-state index contributed by atoms with van der Waals surface area (Å²) in [5, 5.41) is 2.93. The normalized spacial score (nSPS) is 15.7. The smallest absolute Gasteiger partial charge is 0.263 e. The highest BCUT2D eigenvalue weighted by Crippen LogP contribution is 2.30. The van der Waals surface area contributed by atoms with Crippen molar-refractivity contribution >= 4 is 23.2 Å². The third kappa shape index (κ3) is 6.05. The van der Waals surface area contributed by atoms with Crippen molar-refractivity contribution in [3.63, 3.8) is 0 Å². The number of hydrogen-bond acceptors (Lipinski definition) is 5. The first-order valence-electron chi connectivity index (χ1n) is 11.5. The molecular weight excluding hydrogens is 416 g/mol. The zero-order valence-electron chi connectivity index (χ0n) is 20.4. The second kappa shape index (κ2) is 10.7. The van der Waals surface area contributed by atoms with Gasteiger partial charge >= 0.3 is 0 Å². The van der Waals surface area contributed by atoms with Gasteiger partial charge in [-0.05, 0) is 75.4 Å². The van der Waals surface area contributed by atoms with Crippen molar-refractivity contribution in [2.75, 3.05) is 37.7 Å². The molecule has 2 aromatic rings. The molecule has 178 valence electrons. The Bertz CT molecular complexity index is 985. The Morgan fingerprint density at radius 1 is 1.15 bits per heavy atom. The molecule has 0 aliphatic carbocycles. The number of likely N-dealkylation sites (tertiary alicyclic amines) is 1. The van der Waals surface area contributed by atoms with E-state index in [-0.39, 0.29) is 17.9 Å². The van der Waals surface area contributed by atoms with Crippen molar-refractivity contribution in [3.8, 4) is 5.75 Å². The number of carbonyl (C=O) groups excluding carboxylic acids is 2. The number of anilines is 2. The first-order valence-corrected chi connectivity index (χ1v) is 11.5. The van der Waals surface area contributed by atoms with Crippen molar-refractivity contribution in [2.45, 2.75) is 52.7 Å². The number of aryl methyl sites for hydroxylation is 1. The first kappa shape index (κ1) is 24.6. The molecule has 2 amide bonds. The van der Waals surface area contributed by atoms with Crippen LogP contribution in [-0.2, 0) is 9.59 Å². The zero-order valence-corrected chi connectivity index (χ0v) is 20.4. The number of ether oxygens (including phenoxy) is 1. The molecule has 1 aliphatic heterocycles. The minimum atomic E-state index is -0.592. The monoisotopic (exact) mass is 452 g/mol. The maximum absolute atomic E-state index is 13.1. The van der Waals surface area contributed by atoms with E-state index in [1.165, 1.54) is 0 Å². The van der Waals surface area contributed by atoms with E-state index in [1.807, 2.05) is 64.2 Å². The highest BCUT2D eigenvalue weighted by Gasteiger charge is 2.29. The molecule has 1 unspecified atom stereocenters. The van der Waals surface area contributed by atoms with E-state index in [9.17, 15) is 9.59 Å². The Hall–Kier alpha value is -3.06. The fourth-order valence-electron chi connectivity index (χ4n) is 4.29. The van der Waals surface area contributed by atoms with Gasteiger partial charge in [0.1, 0.15) is 5.75 Å². The third-order valence-corrected chi connectivity index (χ3v) is 6.64. The molecule has 0 bridgehead atoms. The summed E-state index contributed by atoms with van der Waals surface area (Å²) in [7, 11) is 1.84. The van der Waals surface area contributed by atoms with E-state index in [2.05, 4.69) is 10.2 Å². The van der Waals surface area contributed by atoms with Gasteiger partial charge in [0.25, 0.3) is 5.91 Å². The van der Waals surface area contributed by atoms with Crippen LogP contribution in [0.4, 0.5) is 11.4 Å². The molecular formula is C26H36N4O3. The van der Waals surface area contributed by atoms with E-state index < -0.39 is 6.10 Å². The lowest BCUT2D eigenvalue weighted by molar-refractivity contribution is -0.139. The van der Waals surface area contributed by atoms with Crippen LogP contribution in [0.2, 0.25) is 0 Å². The number of amides is 2. The predicted octanol–water partition coefficient (Wildman–Crippen LogP) is 3.52. The quantitative estimate of drug-likeness (QED) is 0.628. The lowest BCUT2D eigenvalue weighted by Crippen LogP contribution is -2.50. The maximum Gasteiger partial charge on any atom is 0.263 e. The lowest BCUT2D eigenvalue weighted by Gasteiger charge is -2.37. The Morgan fingerprint density at radius 3 is 2.42 bits per heavy atom. The van der Waals surface area contributed by atoms with Gasteiger partial charge in [0.05, 0.1) is 6.54 Å². The number of hydrogen-bond donors (Lipinski definition) is 2. The summed E-state index contributed by atoms with van der Waals surface area (Å²) in [5.74, 6) is 0.644. The summed E-state index contributed by atoms with van der Waals surface area (Å²) < 4.78 is 6.06. The SMILES string of the molecule is Cc1cc(OC(C)C(=O)N(C)C2CCN(CC(=O)Nc3ccccc3)CC2)c(C)c(C)c1N. The van der Waals surface area contributed by atoms with Crippen LogP contribution in [0.1, 0.15) is 36.5 Å². The fraction of sp³-hybridized carbons (Fsp3) is 0.462. The van der Waals surface area contributed by atoms with Crippen molar-refractivity contribution < 1.29 is 14.3 Å². The van der Waals surface area contributed by atoms with Gasteiger partial charge < -0.3 is 20.7 Å². The molecule has 0 radical (unpaired) electrons. The highest BCUT2D eigenvalue weighted by atomic mass is 16.5. The van der Waals surface area contributed by atoms with Crippen LogP contribution in [0.3, 0.4) is 0 Å². The maximum atomic E-state index is 13.1. The molecule has 1 atom stereocenters. The van der Waals surface area contributed by atoms with Crippen molar-refractivity contribution in [2.24, 2.45) is 0 Å². The van der Waals surface area contributed by atoms with Crippen LogP contribution in [0.5, 0.6) is 5.75 Å². The van der Waals surface area contributed by atoms with Crippen LogP contribution in [0, 0.1) is 20.8 Å². The summed E-state index contributed by atoms with van der Waals surface area (Å²) in [6.07, 6.45) is 1.06. The van der Waals surface area contributed by atoms with E-state index in [4.69, 9.17) is 10.5 Å². The number of piperidine rings is 1. The van der Waals surface area contributed by atoms with Crippen LogP contribution < -0.4 is 15.8 Å². The molecule has 33 heavy (non-hydrogen) atoms. The largest absolute Gasteiger partial charge is 0.481 e. The molecule has 1 aliphatic rings. The van der Waals surface area contributed by atoms with Gasteiger partial charge in [0.2, 0.25) is 5.91 Å². The summed E-state index contributed by atoms with van der Waals surface area (Å²) in [6.45, 7) is 9.57. The van der Waals surface area contributed by atoms with Crippen LogP contribution >= 0.6 is 0 Å². The molecule has 0 spiro atoms. The van der Waals surface area contributed by atoms with Crippen LogP contribution in [0.25, 0.3) is 0 Å². The van der Waals surface area contributed by atoms with E-state index in [1.54, 1.807) is 11.8 Å². The molecule has 1 saturated heterocycles. The summed E-state index contributed by atoms with van der Waals surface area (Å²) in [4.78, 5) is 29.3. The number of nitrogens with zero attached hydrogens (tertiary/aromatic N) is 2. The van der Waals surface area contributed by atoms with Crippen molar-refractivity contribution in [1.29, 1.82) is 0 Å². The molecule has 0 saturated carbocycles. The minimum Gasteiger partial charge on any atom is -0.481 e. The van der Waals surface area contributed by atoms with Gasteiger partial charge in [-0.15, -0.1) is 0 Å². The molecule has 7 nitrogen and oxygen atoms in total. The standard InChI is InChI=1S/C26H36N4O3/c1-17-15-23(18(2)19(3)25(17)27)33-20(4)26(32)29(5)22-11-13-30(14-12-22)16-24(31)28-21-9-7-6-8-10-21/h6-10,15,20,22H,11-14,16,27H2,1-5H3,(H,28,31). The molecule has 7 heteroatoms. The van der Waals surface area contributed by atoms with E-state index in [0.29, 0.717) is 12.3 Å². The number of nitrogens with two attached hydrogens (primary N) is 1. The van der Waals surface area contributed by atoms with Crippen molar-refractivity contribution in [1.82, 2.24) is 9.80 Å². The minimum absolute atomic E-state index is 0.0180. The molecule has 1 heterocycles. The van der Waals surface area contributed by atoms with Crippen LogP contribution in [0.15, 0.2) is 36.4 Å². The van der Waals surface area contributed by atoms with Gasteiger partial charge in [0.15, 0.2) is 6.10 Å². The predicted molar refractivity (Wildman–Crippen MR) is 132 cm³/mol. The van der Waals surface area contributed by atoms with Gasteiger partial charge in [-0.2, -0.15) is 0 Å². The Kier molecular flexibility index (Phi) is 7.97. The molecule has 0 aromatic heterocycles. The number of nitrogen functional groups attached to an aromatic ring is 1. The zero-order chi connectivity index (χ0) is 24.1. The van der Waals surface area contributed by atoms with Crippen molar-refractivity contribution in [3.05, 3.63) is 53.1 Å². The van der Waals surface area contributed by atoms with Gasteiger partial charge in [-0.25, -0.2) is 0 Å². The molecule has 3 N–H and O–H groups in total. The Morgan fingerprint density at radius 2 is 1.79 bits per heavy atom. The first-order chi connectivity index (χ1) is 15.7. The topological polar surface area (TPSA) is 87.9 Å². The number of para-hydroxylation sites is 1. The number of likely N-dealkylation sites (N-methyl/N-ethyl adjacent to an activating group) is 1. The number of carbonyl (C=O) groups is 2. The summed E-state index contributed by atoms with van der Waals surface area (Å²) >= 11 is 0. The fourth-order valence-corrected chi connectivity index (χ4v) is 4.29. The molecule has 3 rings (SSSR count). The van der Waals surface area contributed by atoms with E-state index >= 15 is 0 Å². The van der Waals surface area contributed by atoms with Gasteiger partial charge in [-0.3, -0.25) is 14.5 Å². The average molecular weight is 453 g/mol. The highest BCUT2D eigenvalue weighted by molar-refractivity contribution is 5.92. The summed E-state index contributed by atoms with van der Waals surface area (Å²) in [5.41, 5.74) is 10.6. The second-order valence-corrected chi connectivity index (χ2v) is 8.99. The number of nitrogens with one attached hydrogen (secondary N) is 1. The molecule has 1 fully saturated rings. The Labute approximate surface area is 196 Å². The molecule has 2 aromatic carbocycles. The van der Waals surface area contributed by atoms with E-state index in [0.717, 1.165) is 54.0 Å². The second-order valence-electron chi connectivity index (χ2n) is 8.99. The summed E-state index contributed by atoms with van der Waals surface area (Å²) in [6, 6.07) is 11.5. The van der Waals surface area contributed by atoms with Crippen LogP contribution in [-0.4, -0.2) is 60.4 Å². The van der Waals surface area contributed by atoms with Gasteiger partial charge in [-0.1, -0.05) is 18.2 Å². The third-order valence-electron chi connectivity index (χ3n) is 6.64. The Balaban J connectivity index is 1.50.